The maximum Gasteiger partial charge on any atom is 0.225 e. The van der Waals surface area contributed by atoms with Gasteiger partial charge in [0.05, 0.1) is 45.8 Å². The van der Waals surface area contributed by atoms with Crippen LogP contribution in [0.1, 0.15) is 40.0 Å². The van der Waals surface area contributed by atoms with Crippen molar-refractivity contribution in [3.8, 4) is 40.1 Å². The number of aromatic nitrogens is 1. The van der Waals surface area contributed by atoms with E-state index in [1.54, 1.807) is 0 Å². The van der Waals surface area contributed by atoms with Crippen LogP contribution in [0, 0.1) is 18.1 Å². The first-order valence-electron chi connectivity index (χ1n) is 14.0. The van der Waals surface area contributed by atoms with Gasteiger partial charge in [-0.15, -0.1) is 0 Å². The molecule has 1 atom stereocenters. The number of carbonyl (C=O) groups is 3. The van der Waals surface area contributed by atoms with E-state index in [0.717, 1.165) is 33.3 Å². The van der Waals surface area contributed by atoms with Gasteiger partial charge >= 0.3 is 0 Å². The van der Waals surface area contributed by atoms with E-state index in [9.17, 15) is 19.5 Å². The molecule has 1 aliphatic carbocycles. The van der Waals surface area contributed by atoms with Gasteiger partial charge < -0.3 is 24.1 Å². The predicted molar refractivity (Wildman–Crippen MR) is 170 cm³/mol. The summed E-state index contributed by atoms with van der Waals surface area (Å²) in [5.74, 6) is 1.25. The van der Waals surface area contributed by atoms with E-state index >= 15 is 0 Å². The largest absolute Gasteiger partial charge is 0.507 e. The Hall–Kier alpha value is -5.01. The zero-order valence-electron chi connectivity index (χ0n) is 25.5. The first-order chi connectivity index (χ1) is 21.7. The first-order valence-corrected chi connectivity index (χ1v) is 14.8. The molecule has 1 N–H and O–H groups in total. The van der Waals surface area contributed by atoms with Crippen molar-refractivity contribution < 1.29 is 38.4 Å². The number of aromatic hydroxyl groups is 1. The molecule has 0 saturated heterocycles. The number of rotatable bonds is 10. The Morgan fingerprint density at radius 3 is 2.33 bits per heavy atom. The Bertz CT molecular complexity index is 1890. The van der Waals surface area contributed by atoms with Crippen LogP contribution in [0.15, 0.2) is 59.5 Å². The molecule has 1 heterocycles. The summed E-state index contributed by atoms with van der Waals surface area (Å²) in [6, 6.07) is 15.7. The molecule has 3 aromatic carbocycles. The third-order valence-electron chi connectivity index (χ3n) is 7.91. The number of ether oxygens (including phenoxy) is 4. The summed E-state index contributed by atoms with van der Waals surface area (Å²) in [7, 11) is 5.73. The summed E-state index contributed by atoms with van der Waals surface area (Å²) in [5, 5.41) is 14.8. The molecule has 5 rings (SSSR count). The molecular formula is C35H31NO8S. The standard InChI is InChI=1S/C35H31NO8S/c1-20-15-22-16-21-11-13-35(29(39)12-14-45-23-9-7-6-8-10-23,32(21)33(43-4)31(22)34(36-20)44-5)30(40)19-26(38)24-17-27(41-2)28(42-3)18-25(24)37/h6-10,15-18,37H,11,13,19H2,1-5H3. The van der Waals surface area contributed by atoms with Crippen molar-refractivity contribution >= 4 is 39.9 Å². The molecule has 230 valence electrons. The molecule has 1 aromatic heterocycles. The van der Waals surface area contributed by atoms with Crippen LogP contribution < -0.4 is 18.9 Å². The highest BCUT2D eigenvalue weighted by molar-refractivity contribution is 8.04. The summed E-state index contributed by atoms with van der Waals surface area (Å²) in [6.07, 6.45) is -0.240. The smallest absolute Gasteiger partial charge is 0.225 e. The molecule has 0 fully saturated rings. The van der Waals surface area contributed by atoms with Crippen molar-refractivity contribution in [3.63, 3.8) is 0 Å². The number of hydrogen-bond acceptors (Lipinski definition) is 10. The second kappa shape index (κ2) is 12.9. The lowest BCUT2D eigenvalue weighted by Crippen LogP contribution is -2.42. The minimum absolute atomic E-state index is 0.0806. The minimum atomic E-state index is -1.82. The fourth-order valence-corrected chi connectivity index (χ4v) is 6.40. The number of hydrogen-bond donors (Lipinski definition) is 1. The topological polar surface area (TPSA) is 121 Å². The Kier molecular flexibility index (Phi) is 9.02. The van der Waals surface area contributed by atoms with E-state index in [1.165, 1.54) is 40.6 Å². The van der Waals surface area contributed by atoms with E-state index in [2.05, 4.69) is 16.2 Å². The zero-order valence-corrected chi connectivity index (χ0v) is 26.3. The summed E-state index contributed by atoms with van der Waals surface area (Å²) in [6.45, 7) is 1.84. The van der Waals surface area contributed by atoms with Gasteiger partial charge in [0.1, 0.15) is 16.9 Å². The average molecular weight is 626 g/mol. The SMILES string of the molecule is COc1cc(O)c(C(=O)CC(=O)C2(C(=O)C#CSc3ccccc3)CCc3cc4cc(C)nc(OC)c4c(OC)c32)cc1OC. The molecule has 0 radical (unpaired) electrons. The van der Waals surface area contributed by atoms with Gasteiger partial charge in [-0.05, 0) is 77.9 Å². The Labute approximate surface area is 264 Å². The lowest BCUT2D eigenvalue weighted by Gasteiger charge is -2.27. The summed E-state index contributed by atoms with van der Waals surface area (Å²) in [5.41, 5.74) is -0.162. The van der Waals surface area contributed by atoms with Gasteiger partial charge in [0.25, 0.3) is 0 Å². The fraction of sp³-hybridized carbons (Fsp3) is 0.257. The first kappa shape index (κ1) is 31.4. The number of phenols is 1. The maximum atomic E-state index is 14.4. The van der Waals surface area contributed by atoms with E-state index in [0.29, 0.717) is 17.4 Å². The van der Waals surface area contributed by atoms with Crippen molar-refractivity contribution in [1.82, 2.24) is 4.98 Å². The molecule has 4 aromatic rings. The molecule has 9 nitrogen and oxygen atoms in total. The van der Waals surface area contributed by atoms with Gasteiger partial charge in [0, 0.05) is 22.2 Å². The highest BCUT2D eigenvalue weighted by Gasteiger charge is 2.53. The number of carbonyl (C=O) groups excluding carboxylic acids is 3. The van der Waals surface area contributed by atoms with Crippen molar-refractivity contribution in [2.75, 3.05) is 28.4 Å². The summed E-state index contributed by atoms with van der Waals surface area (Å²) in [4.78, 5) is 47.6. The number of ketones is 3. The van der Waals surface area contributed by atoms with Gasteiger partial charge in [-0.2, -0.15) is 0 Å². The lowest BCUT2D eigenvalue weighted by atomic mass is 9.72. The second-order valence-corrected chi connectivity index (χ2v) is 11.3. The van der Waals surface area contributed by atoms with Crippen molar-refractivity contribution in [1.29, 1.82) is 0 Å². The number of methoxy groups -OCH3 is 4. The lowest BCUT2D eigenvalue weighted by molar-refractivity contribution is -0.131. The third kappa shape index (κ3) is 5.67. The molecule has 10 heteroatoms. The van der Waals surface area contributed by atoms with Crippen LogP contribution >= 0.6 is 11.8 Å². The number of fused-ring (bicyclic) bond motifs is 2. The number of Topliss-reactive ketones (excluding diaryl/α,β-unsaturated/α-hetero) is 3. The van der Waals surface area contributed by atoms with Crippen LogP contribution in [0.2, 0.25) is 0 Å². The van der Waals surface area contributed by atoms with Crippen LogP contribution in [-0.4, -0.2) is 55.9 Å². The minimum Gasteiger partial charge on any atom is -0.507 e. The van der Waals surface area contributed by atoms with Gasteiger partial charge in [-0.25, -0.2) is 4.98 Å². The molecule has 45 heavy (non-hydrogen) atoms. The molecule has 0 saturated carbocycles. The van der Waals surface area contributed by atoms with E-state index in [1.807, 2.05) is 49.4 Å². The van der Waals surface area contributed by atoms with Crippen molar-refractivity contribution in [2.45, 2.75) is 36.5 Å². The number of phenolic OH excluding ortho intramolecular Hbond substituents is 1. The van der Waals surface area contributed by atoms with Gasteiger partial charge in [-0.1, -0.05) is 24.3 Å². The number of thioether (sulfide) groups is 1. The van der Waals surface area contributed by atoms with Crippen LogP contribution in [0.25, 0.3) is 10.8 Å². The van der Waals surface area contributed by atoms with E-state index in [4.69, 9.17) is 18.9 Å². The monoisotopic (exact) mass is 625 g/mol. The quantitative estimate of drug-likeness (QED) is 0.103. The summed E-state index contributed by atoms with van der Waals surface area (Å²) < 4.78 is 22.0. The third-order valence-corrected chi connectivity index (χ3v) is 8.62. The van der Waals surface area contributed by atoms with Crippen molar-refractivity contribution in [2.24, 2.45) is 0 Å². The fourth-order valence-electron chi connectivity index (χ4n) is 5.85. The molecule has 1 unspecified atom stereocenters. The number of aryl methyl sites for hydroxylation is 2. The Morgan fingerprint density at radius 1 is 0.956 bits per heavy atom. The zero-order chi connectivity index (χ0) is 32.3. The predicted octanol–water partition coefficient (Wildman–Crippen LogP) is 5.63. The van der Waals surface area contributed by atoms with Gasteiger partial charge in [-0.3, -0.25) is 14.4 Å². The number of nitrogens with zero attached hydrogens (tertiary/aromatic N) is 1. The van der Waals surface area contributed by atoms with Crippen LogP contribution in [0.5, 0.6) is 28.9 Å². The maximum absolute atomic E-state index is 14.4. The second-order valence-electron chi connectivity index (χ2n) is 10.4. The van der Waals surface area contributed by atoms with E-state index in [-0.39, 0.29) is 40.9 Å². The number of pyridine rings is 1. The molecule has 0 spiro atoms. The highest BCUT2D eigenvalue weighted by atomic mass is 32.2. The molecule has 1 aliphatic rings. The molecule has 0 bridgehead atoms. The Balaban J connectivity index is 1.65. The van der Waals surface area contributed by atoms with Crippen LogP contribution in [0.4, 0.5) is 0 Å². The highest BCUT2D eigenvalue weighted by Crippen LogP contribution is 2.51. The molecular weight excluding hydrogens is 594 g/mol. The normalized spacial score (nSPS) is 15.0. The average Bonchev–Trinajstić information content (AvgIpc) is 3.43. The van der Waals surface area contributed by atoms with E-state index < -0.39 is 29.2 Å². The van der Waals surface area contributed by atoms with Crippen LogP contribution in [-0.2, 0) is 21.4 Å². The summed E-state index contributed by atoms with van der Waals surface area (Å²) >= 11 is 1.16. The van der Waals surface area contributed by atoms with Crippen molar-refractivity contribution in [3.05, 3.63) is 77.0 Å². The van der Waals surface area contributed by atoms with Gasteiger partial charge in [0.15, 0.2) is 23.1 Å². The molecule has 0 aliphatic heterocycles. The van der Waals surface area contributed by atoms with Crippen LogP contribution in [0.3, 0.4) is 0 Å². The Morgan fingerprint density at radius 2 is 1.67 bits per heavy atom. The number of benzene rings is 3. The van der Waals surface area contributed by atoms with Gasteiger partial charge in [0.2, 0.25) is 11.7 Å². The molecule has 0 amide bonds.